The van der Waals surface area contributed by atoms with Gasteiger partial charge in [-0.05, 0) is 41.0 Å². The zero-order chi connectivity index (χ0) is 25.2. The Morgan fingerprint density at radius 2 is 1.91 bits per heavy atom. The number of fused-ring (bicyclic) bond motifs is 1. The number of nitrogens with one attached hydrogen (secondary N) is 1. The average Bonchev–Trinajstić information content (AvgIpc) is 2.86. The summed E-state index contributed by atoms with van der Waals surface area (Å²) < 4.78 is 0. The van der Waals surface area contributed by atoms with E-state index in [0.717, 1.165) is 34.7 Å². The van der Waals surface area contributed by atoms with E-state index in [2.05, 4.69) is 23.5 Å². The van der Waals surface area contributed by atoms with Crippen LogP contribution >= 0.6 is 11.6 Å². The number of phenolic OH excluding ortho intramolecular Hbond substituents is 1. The lowest BCUT2D eigenvalue weighted by atomic mass is 9.97. The van der Waals surface area contributed by atoms with E-state index in [9.17, 15) is 14.7 Å². The Morgan fingerprint density at radius 3 is 2.63 bits per heavy atom. The first-order chi connectivity index (χ1) is 16.9. The van der Waals surface area contributed by atoms with Crippen LogP contribution in [-0.2, 0) is 11.2 Å². The number of carbonyl (C=O) groups is 2. The smallest absolute Gasteiger partial charge is 0.271 e. The maximum absolute atomic E-state index is 13.0. The van der Waals surface area contributed by atoms with Crippen LogP contribution in [0.4, 0.5) is 0 Å². The number of hydrazone groups is 1. The maximum Gasteiger partial charge on any atom is 0.271 e. The molecule has 7 nitrogen and oxygen atoms in total. The van der Waals surface area contributed by atoms with Crippen LogP contribution in [0.2, 0.25) is 5.02 Å². The van der Waals surface area contributed by atoms with Crippen molar-refractivity contribution >= 4 is 40.4 Å². The van der Waals surface area contributed by atoms with Crippen molar-refractivity contribution in [2.75, 3.05) is 13.1 Å². The summed E-state index contributed by atoms with van der Waals surface area (Å²) in [6, 6.07) is 17.8. The van der Waals surface area contributed by atoms with Crippen molar-refractivity contribution in [3.63, 3.8) is 0 Å². The van der Waals surface area contributed by atoms with Gasteiger partial charge in [0.2, 0.25) is 5.91 Å². The van der Waals surface area contributed by atoms with Crippen molar-refractivity contribution < 1.29 is 14.7 Å². The van der Waals surface area contributed by atoms with Crippen LogP contribution in [-0.4, -0.2) is 41.1 Å². The molecule has 0 saturated heterocycles. The molecule has 0 radical (unpaired) electrons. The third-order valence-corrected chi connectivity index (χ3v) is 5.90. The number of carbonyl (C=O) groups excluding carboxylic acids is 2. The van der Waals surface area contributed by atoms with Crippen LogP contribution in [0.1, 0.15) is 47.7 Å². The van der Waals surface area contributed by atoms with Crippen molar-refractivity contribution in [1.29, 1.82) is 5.26 Å². The van der Waals surface area contributed by atoms with Crippen LogP contribution in [0, 0.1) is 11.3 Å². The number of phenols is 1. The second kappa shape index (κ2) is 12.5. The third-order valence-electron chi connectivity index (χ3n) is 5.60. The standard InChI is InChI=1S/C27H27ClN4O3/c1-2-3-14-32(15-6-13-29)26(34)17-19-9-10-21(23-8-5-4-7-22(19)23)18-30-31-27(35)20-11-12-25(33)24(28)16-20/h4-5,7-12,16,18,33H,2-3,6,14-15,17H2,1H3,(H,31,35). The summed E-state index contributed by atoms with van der Waals surface area (Å²) in [5.41, 5.74) is 4.41. The first-order valence-electron chi connectivity index (χ1n) is 11.4. The average molecular weight is 491 g/mol. The summed E-state index contributed by atoms with van der Waals surface area (Å²) >= 11 is 5.86. The molecule has 8 heteroatoms. The molecule has 2 amide bonds. The number of benzene rings is 3. The molecule has 180 valence electrons. The molecule has 0 aliphatic rings. The number of unbranched alkanes of at least 4 members (excludes halogenated alkanes) is 1. The molecule has 0 unspecified atom stereocenters. The minimum atomic E-state index is -0.459. The van der Waals surface area contributed by atoms with Gasteiger partial charge in [0.1, 0.15) is 5.75 Å². The van der Waals surface area contributed by atoms with Crippen LogP contribution in [0.25, 0.3) is 10.8 Å². The van der Waals surface area contributed by atoms with E-state index in [1.807, 2.05) is 36.4 Å². The van der Waals surface area contributed by atoms with Gasteiger partial charge in [0.05, 0.1) is 30.1 Å². The topological polar surface area (TPSA) is 106 Å². The lowest BCUT2D eigenvalue weighted by Crippen LogP contribution is -2.34. The fourth-order valence-electron chi connectivity index (χ4n) is 3.69. The van der Waals surface area contributed by atoms with E-state index < -0.39 is 5.91 Å². The van der Waals surface area contributed by atoms with E-state index in [0.29, 0.717) is 19.5 Å². The van der Waals surface area contributed by atoms with Gasteiger partial charge in [-0.1, -0.05) is 61.3 Å². The molecule has 3 aromatic rings. The Hall–Kier alpha value is -3.89. The monoisotopic (exact) mass is 490 g/mol. The minimum absolute atomic E-state index is 0.0000853. The van der Waals surface area contributed by atoms with Gasteiger partial charge in [0.15, 0.2) is 0 Å². The highest BCUT2D eigenvalue weighted by Crippen LogP contribution is 2.24. The van der Waals surface area contributed by atoms with Gasteiger partial charge < -0.3 is 10.0 Å². The largest absolute Gasteiger partial charge is 0.506 e. The van der Waals surface area contributed by atoms with Gasteiger partial charge in [-0.15, -0.1) is 0 Å². The van der Waals surface area contributed by atoms with Crippen LogP contribution in [0.15, 0.2) is 59.7 Å². The fourth-order valence-corrected chi connectivity index (χ4v) is 3.88. The summed E-state index contributed by atoms with van der Waals surface area (Å²) in [6.45, 7) is 3.15. The second-order valence-corrected chi connectivity index (χ2v) is 8.45. The number of hydrogen-bond donors (Lipinski definition) is 2. The number of nitrogens with zero attached hydrogens (tertiary/aromatic N) is 3. The van der Waals surface area contributed by atoms with E-state index in [1.54, 1.807) is 11.1 Å². The van der Waals surface area contributed by atoms with Crippen molar-refractivity contribution in [1.82, 2.24) is 10.3 Å². The minimum Gasteiger partial charge on any atom is -0.506 e. The number of rotatable bonds is 10. The molecule has 35 heavy (non-hydrogen) atoms. The molecule has 0 bridgehead atoms. The highest BCUT2D eigenvalue weighted by atomic mass is 35.5. The number of halogens is 1. The number of hydrogen-bond acceptors (Lipinski definition) is 5. The van der Waals surface area contributed by atoms with Crippen molar-refractivity contribution in [3.05, 3.63) is 76.3 Å². The number of nitriles is 1. The molecule has 0 aliphatic heterocycles. The van der Waals surface area contributed by atoms with Gasteiger partial charge in [0, 0.05) is 24.2 Å². The van der Waals surface area contributed by atoms with Crippen molar-refractivity contribution in [2.45, 2.75) is 32.6 Å². The SMILES string of the molecule is CCCCN(CCC#N)C(=O)Cc1ccc(C=NNC(=O)c2ccc(O)c(Cl)c2)c2ccccc12. The molecular weight excluding hydrogens is 464 g/mol. The molecule has 2 N–H and O–H groups in total. The predicted molar refractivity (Wildman–Crippen MR) is 138 cm³/mol. The van der Waals surface area contributed by atoms with Crippen LogP contribution in [0.3, 0.4) is 0 Å². The van der Waals surface area contributed by atoms with Crippen molar-refractivity contribution in [2.24, 2.45) is 5.10 Å². The van der Waals surface area contributed by atoms with Crippen LogP contribution < -0.4 is 5.43 Å². The highest BCUT2D eigenvalue weighted by molar-refractivity contribution is 6.32. The van der Waals surface area contributed by atoms with Gasteiger partial charge in [0.25, 0.3) is 5.91 Å². The Bertz CT molecular complexity index is 1280. The van der Waals surface area contributed by atoms with Gasteiger partial charge >= 0.3 is 0 Å². The molecule has 0 fully saturated rings. The summed E-state index contributed by atoms with van der Waals surface area (Å²) in [4.78, 5) is 27.1. The molecule has 0 heterocycles. The van der Waals surface area contributed by atoms with Crippen LogP contribution in [0.5, 0.6) is 5.75 Å². The molecule has 0 aliphatic carbocycles. The summed E-state index contributed by atoms with van der Waals surface area (Å²) in [5, 5.41) is 24.4. The Balaban J connectivity index is 1.78. The number of aromatic hydroxyl groups is 1. The molecule has 0 aromatic heterocycles. The molecule has 3 aromatic carbocycles. The third kappa shape index (κ3) is 6.81. The summed E-state index contributed by atoms with van der Waals surface area (Å²) in [5.74, 6) is -0.561. The van der Waals surface area contributed by atoms with E-state index >= 15 is 0 Å². The van der Waals surface area contributed by atoms with E-state index in [-0.39, 0.29) is 28.7 Å². The number of amides is 2. The van der Waals surface area contributed by atoms with Gasteiger partial charge in [-0.25, -0.2) is 5.43 Å². The Kier molecular flexibility index (Phi) is 9.22. The quantitative estimate of drug-likeness (QED) is 0.306. The maximum atomic E-state index is 13.0. The van der Waals surface area contributed by atoms with Gasteiger partial charge in [-0.2, -0.15) is 10.4 Å². The Labute approximate surface area is 209 Å². The summed E-state index contributed by atoms with van der Waals surface area (Å²) in [7, 11) is 0. The Morgan fingerprint density at radius 1 is 1.14 bits per heavy atom. The first kappa shape index (κ1) is 25.7. The van der Waals surface area contributed by atoms with E-state index in [1.165, 1.54) is 18.2 Å². The predicted octanol–water partition coefficient (Wildman–Crippen LogP) is 5.05. The van der Waals surface area contributed by atoms with Gasteiger partial charge in [-0.3, -0.25) is 9.59 Å². The second-order valence-electron chi connectivity index (χ2n) is 8.04. The van der Waals surface area contributed by atoms with Crippen molar-refractivity contribution in [3.8, 4) is 11.8 Å². The fraction of sp³-hybridized carbons (Fsp3) is 0.259. The van der Waals surface area contributed by atoms with E-state index in [4.69, 9.17) is 16.9 Å². The zero-order valence-electron chi connectivity index (χ0n) is 19.5. The first-order valence-corrected chi connectivity index (χ1v) is 11.8. The highest BCUT2D eigenvalue weighted by Gasteiger charge is 2.15. The molecule has 3 rings (SSSR count). The summed E-state index contributed by atoms with van der Waals surface area (Å²) in [6.07, 6.45) is 3.98. The lowest BCUT2D eigenvalue weighted by molar-refractivity contribution is -0.130. The lowest BCUT2D eigenvalue weighted by Gasteiger charge is -2.22. The molecule has 0 spiro atoms. The molecule has 0 saturated carbocycles. The molecular formula is C27H27ClN4O3. The normalized spacial score (nSPS) is 10.9. The zero-order valence-corrected chi connectivity index (χ0v) is 20.3. The molecule has 0 atom stereocenters.